The van der Waals surface area contributed by atoms with Gasteiger partial charge in [-0.3, -0.25) is 18.9 Å². The number of carbonyl (C=O) groups is 1. The standard InChI is InChI=1S/C18H30N3O9PS2/c1-4-5-8-32-33-18(2,3)10-19-17(25)29-14-13(30-31(26)27)11(9-22)28-15(14)21-7-6-12(23)20-16(21)24/h6-7,11,13-15,22,31H,4-5,8-10H2,1-3H3,(H,19,25)(H,26,27)(H,20,23,24). The number of unbranched alkanes of at least 4 members (excludes halogenated alkanes) is 1. The summed E-state index contributed by atoms with van der Waals surface area (Å²) in [5.41, 5.74) is -1.50. The van der Waals surface area contributed by atoms with Crippen molar-refractivity contribution in [3.05, 3.63) is 33.1 Å². The zero-order valence-corrected chi connectivity index (χ0v) is 21.1. The summed E-state index contributed by atoms with van der Waals surface area (Å²) in [5, 5.41) is 12.3. The number of hydrogen-bond acceptors (Lipinski definition) is 10. The van der Waals surface area contributed by atoms with Crippen LogP contribution in [0.1, 0.15) is 39.8 Å². The number of H-pyrrole nitrogens is 1. The number of nitrogens with zero attached hydrogens (tertiary/aromatic N) is 1. The second-order valence-electron chi connectivity index (χ2n) is 7.86. The van der Waals surface area contributed by atoms with Crippen molar-refractivity contribution in [2.45, 2.75) is 62.9 Å². The first-order chi connectivity index (χ1) is 15.6. The number of amides is 1. The van der Waals surface area contributed by atoms with Gasteiger partial charge in [0.05, 0.1) is 6.61 Å². The Balaban J connectivity index is 2.15. The van der Waals surface area contributed by atoms with Crippen molar-refractivity contribution in [3.8, 4) is 0 Å². The SMILES string of the molecule is CCCCSSC(C)(C)CNC(=O)OC1C(O[PH](=O)O)C(CO)OC1n1ccc(=O)[nH]c1=O. The van der Waals surface area contributed by atoms with Gasteiger partial charge in [-0.1, -0.05) is 34.9 Å². The van der Waals surface area contributed by atoms with Crippen LogP contribution in [0.5, 0.6) is 0 Å². The summed E-state index contributed by atoms with van der Waals surface area (Å²) in [7, 11) is -0.160. The van der Waals surface area contributed by atoms with Crippen molar-refractivity contribution >= 4 is 35.9 Å². The fourth-order valence-corrected chi connectivity index (χ4v) is 6.17. The van der Waals surface area contributed by atoms with Gasteiger partial charge in [-0.05, 0) is 20.3 Å². The Bertz CT molecular complexity index is 926. The van der Waals surface area contributed by atoms with Gasteiger partial charge in [0, 0.05) is 29.3 Å². The molecule has 2 rings (SSSR count). The highest BCUT2D eigenvalue weighted by Gasteiger charge is 2.50. The quantitative estimate of drug-likeness (QED) is 0.175. The number of ether oxygens (including phenoxy) is 2. The first-order valence-corrected chi connectivity index (χ1v) is 13.9. The molecule has 0 aromatic carbocycles. The van der Waals surface area contributed by atoms with Crippen LogP contribution < -0.4 is 16.6 Å². The third-order valence-electron chi connectivity index (χ3n) is 4.59. The molecule has 1 aliphatic heterocycles. The van der Waals surface area contributed by atoms with Crippen LogP contribution in [0.25, 0.3) is 0 Å². The van der Waals surface area contributed by atoms with Crippen LogP contribution in [0.2, 0.25) is 0 Å². The summed E-state index contributed by atoms with van der Waals surface area (Å²) in [6.07, 6.45) is -2.69. The summed E-state index contributed by atoms with van der Waals surface area (Å²) in [5.74, 6) is 0.992. The van der Waals surface area contributed by atoms with Crippen molar-refractivity contribution in [3.63, 3.8) is 0 Å². The maximum absolute atomic E-state index is 12.6. The molecule has 0 saturated carbocycles. The number of aliphatic hydroxyl groups is 1. The van der Waals surface area contributed by atoms with E-state index < -0.39 is 56.7 Å². The van der Waals surface area contributed by atoms with Gasteiger partial charge in [0.2, 0.25) is 0 Å². The summed E-state index contributed by atoms with van der Waals surface area (Å²) in [6.45, 7) is 5.67. The normalized spacial score (nSPS) is 23.9. The van der Waals surface area contributed by atoms with Gasteiger partial charge in [0.1, 0.15) is 12.2 Å². The lowest BCUT2D eigenvalue weighted by Crippen LogP contribution is -2.44. The highest BCUT2D eigenvalue weighted by atomic mass is 33.1. The van der Waals surface area contributed by atoms with Crippen LogP contribution in [0, 0.1) is 0 Å². The molecule has 0 spiro atoms. The van der Waals surface area contributed by atoms with Crippen LogP contribution in [-0.4, -0.2) is 67.6 Å². The maximum atomic E-state index is 12.6. The number of aromatic amines is 1. The van der Waals surface area contributed by atoms with Gasteiger partial charge in [0.25, 0.3) is 5.56 Å². The molecule has 12 nitrogen and oxygen atoms in total. The van der Waals surface area contributed by atoms with E-state index in [0.717, 1.165) is 35.4 Å². The third kappa shape index (κ3) is 8.46. The molecule has 2 heterocycles. The second-order valence-corrected chi connectivity index (χ2v) is 11.7. The smallest absolute Gasteiger partial charge is 0.407 e. The van der Waals surface area contributed by atoms with Crippen molar-refractivity contribution in [1.29, 1.82) is 0 Å². The van der Waals surface area contributed by atoms with Crippen LogP contribution in [0.4, 0.5) is 4.79 Å². The fraction of sp³-hybridized carbons (Fsp3) is 0.722. The number of nitrogens with one attached hydrogen (secondary N) is 2. The molecule has 188 valence electrons. The van der Waals surface area contributed by atoms with E-state index >= 15 is 0 Å². The van der Waals surface area contributed by atoms with E-state index in [9.17, 15) is 28.9 Å². The molecular weight excluding hydrogens is 497 g/mol. The molecular formula is C18H30N3O9PS2. The first kappa shape index (κ1) is 28.0. The summed E-state index contributed by atoms with van der Waals surface area (Å²) in [6, 6.07) is 1.06. The third-order valence-corrected chi connectivity index (χ3v) is 8.44. The molecule has 1 amide bonds. The Morgan fingerprint density at radius 3 is 2.73 bits per heavy atom. The Labute approximate surface area is 199 Å². The van der Waals surface area contributed by atoms with Gasteiger partial charge in [-0.15, -0.1) is 0 Å². The molecule has 1 saturated heterocycles. The number of carbonyl (C=O) groups excluding carboxylic acids is 1. The molecule has 33 heavy (non-hydrogen) atoms. The molecule has 1 aromatic rings. The van der Waals surface area contributed by atoms with E-state index in [4.69, 9.17) is 14.0 Å². The van der Waals surface area contributed by atoms with Crippen LogP contribution in [0.15, 0.2) is 21.9 Å². The molecule has 0 bridgehead atoms. The van der Waals surface area contributed by atoms with Crippen molar-refractivity contribution < 1.29 is 33.4 Å². The monoisotopic (exact) mass is 527 g/mol. The van der Waals surface area contributed by atoms with E-state index in [-0.39, 0.29) is 11.3 Å². The van der Waals surface area contributed by atoms with E-state index in [1.807, 2.05) is 13.8 Å². The summed E-state index contributed by atoms with van der Waals surface area (Å²) < 4.78 is 28.0. The number of aliphatic hydroxyl groups excluding tert-OH is 1. The zero-order chi connectivity index (χ0) is 24.6. The molecule has 1 aliphatic rings. The molecule has 5 unspecified atom stereocenters. The fourth-order valence-electron chi connectivity index (χ4n) is 2.98. The predicted molar refractivity (Wildman–Crippen MR) is 126 cm³/mol. The van der Waals surface area contributed by atoms with Crippen molar-refractivity contribution in [1.82, 2.24) is 14.9 Å². The van der Waals surface area contributed by atoms with Gasteiger partial charge >= 0.3 is 20.0 Å². The van der Waals surface area contributed by atoms with Gasteiger partial charge in [-0.2, -0.15) is 0 Å². The number of hydrogen-bond donors (Lipinski definition) is 4. The Kier molecular flexibility index (Phi) is 11.0. The molecule has 5 atom stereocenters. The van der Waals surface area contributed by atoms with E-state index in [1.165, 1.54) is 0 Å². The zero-order valence-electron chi connectivity index (χ0n) is 18.5. The minimum Gasteiger partial charge on any atom is -0.438 e. The summed E-state index contributed by atoms with van der Waals surface area (Å²) in [4.78, 5) is 47.5. The largest absolute Gasteiger partial charge is 0.438 e. The first-order valence-electron chi connectivity index (χ1n) is 10.3. The molecule has 1 fully saturated rings. The molecule has 15 heteroatoms. The highest BCUT2D eigenvalue weighted by Crippen LogP contribution is 2.38. The van der Waals surface area contributed by atoms with E-state index in [0.29, 0.717) is 0 Å². The molecule has 4 N–H and O–H groups in total. The topological polar surface area (TPSA) is 169 Å². The minimum absolute atomic E-state index is 0.262. The predicted octanol–water partition coefficient (Wildman–Crippen LogP) is 1.25. The average Bonchev–Trinajstić information content (AvgIpc) is 3.06. The highest BCUT2D eigenvalue weighted by molar-refractivity contribution is 8.77. The van der Waals surface area contributed by atoms with E-state index in [2.05, 4.69) is 17.2 Å². The van der Waals surface area contributed by atoms with Crippen LogP contribution in [0.3, 0.4) is 0 Å². The van der Waals surface area contributed by atoms with Crippen LogP contribution in [-0.2, 0) is 18.6 Å². The Hall–Kier alpha value is -1.28. The number of rotatable bonds is 12. The van der Waals surface area contributed by atoms with Gasteiger partial charge in [0.15, 0.2) is 12.3 Å². The minimum atomic E-state index is -3.50. The molecule has 0 radical (unpaired) electrons. The number of aromatic nitrogens is 2. The van der Waals surface area contributed by atoms with Crippen molar-refractivity contribution in [2.24, 2.45) is 0 Å². The van der Waals surface area contributed by atoms with E-state index in [1.54, 1.807) is 21.6 Å². The lowest BCUT2D eigenvalue weighted by atomic mass is 10.1. The maximum Gasteiger partial charge on any atom is 0.407 e. The Morgan fingerprint density at radius 1 is 1.39 bits per heavy atom. The molecule has 0 aliphatic carbocycles. The van der Waals surface area contributed by atoms with Gasteiger partial charge < -0.3 is 29.3 Å². The summed E-state index contributed by atoms with van der Waals surface area (Å²) >= 11 is 0. The average molecular weight is 528 g/mol. The van der Waals surface area contributed by atoms with Gasteiger partial charge in [-0.25, -0.2) is 9.59 Å². The molecule has 1 aromatic heterocycles. The lowest BCUT2D eigenvalue weighted by Gasteiger charge is -2.26. The van der Waals surface area contributed by atoms with Crippen molar-refractivity contribution in [2.75, 3.05) is 18.9 Å². The van der Waals surface area contributed by atoms with Crippen LogP contribution >= 0.6 is 29.8 Å². The number of alkyl carbamates (subject to hydrolysis) is 1. The second kappa shape index (κ2) is 13.0. The Morgan fingerprint density at radius 2 is 2.12 bits per heavy atom. The lowest BCUT2D eigenvalue weighted by molar-refractivity contribution is -0.0567.